The lowest BCUT2D eigenvalue weighted by Crippen LogP contribution is -2.43. The average Bonchev–Trinajstić information content (AvgIpc) is 2.56. The van der Waals surface area contributed by atoms with Gasteiger partial charge in [-0.15, -0.1) is 0 Å². The second-order valence-electron chi connectivity index (χ2n) is 5.13. The minimum absolute atomic E-state index is 0.229. The van der Waals surface area contributed by atoms with Gasteiger partial charge in [0.25, 0.3) is 0 Å². The van der Waals surface area contributed by atoms with Crippen LogP contribution in [0.3, 0.4) is 0 Å². The van der Waals surface area contributed by atoms with Gasteiger partial charge in [-0.2, -0.15) is 0 Å². The minimum atomic E-state index is -0.911. The Morgan fingerprint density at radius 1 is 1.44 bits per heavy atom. The van der Waals surface area contributed by atoms with Crippen LogP contribution in [-0.2, 0) is 14.3 Å². The highest BCUT2D eigenvalue weighted by molar-refractivity contribution is 5.89. The van der Waals surface area contributed by atoms with Crippen LogP contribution >= 0.6 is 0 Å². The molecule has 0 fully saturated rings. The molecule has 102 valence electrons. The van der Waals surface area contributed by atoms with E-state index >= 15 is 0 Å². The van der Waals surface area contributed by atoms with Crippen LogP contribution in [-0.4, -0.2) is 42.0 Å². The van der Waals surface area contributed by atoms with Crippen LogP contribution in [0, 0.1) is 0 Å². The van der Waals surface area contributed by atoms with Crippen molar-refractivity contribution in [3.63, 3.8) is 0 Å². The van der Waals surface area contributed by atoms with E-state index in [0.29, 0.717) is 5.57 Å². The number of carbonyl (C=O) groups excluding carboxylic acids is 2. The lowest BCUT2D eigenvalue weighted by molar-refractivity contribution is -0.136. The second-order valence-corrected chi connectivity index (χ2v) is 5.13. The number of aliphatic hydroxyl groups excluding tert-OH is 1. The number of alkyl carbamates (subject to hydrolysis) is 1. The van der Waals surface area contributed by atoms with Crippen molar-refractivity contribution in [2.24, 2.45) is 0 Å². The van der Waals surface area contributed by atoms with Gasteiger partial charge in [-0.1, -0.05) is 0 Å². The molecular formula is C12H19NO5. The smallest absolute Gasteiger partial charge is 0.407 e. The number of rotatable bonds is 2. The van der Waals surface area contributed by atoms with Crippen LogP contribution in [0.15, 0.2) is 11.6 Å². The Hall–Kier alpha value is -1.56. The third-order valence-electron chi connectivity index (χ3n) is 2.37. The molecule has 0 saturated heterocycles. The lowest BCUT2D eigenvalue weighted by Gasteiger charge is -2.23. The van der Waals surface area contributed by atoms with Crippen molar-refractivity contribution in [1.82, 2.24) is 5.32 Å². The number of ether oxygens (including phenoxy) is 2. The number of nitrogens with one attached hydrogen (secondary N) is 1. The summed E-state index contributed by atoms with van der Waals surface area (Å²) in [4.78, 5) is 22.8. The normalized spacial score (nSPS) is 23.3. The van der Waals surface area contributed by atoms with Crippen molar-refractivity contribution in [1.29, 1.82) is 0 Å². The van der Waals surface area contributed by atoms with E-state index in [-0.39, 0.29) is 6.42 Å². The van der Waals surface area contributed by atoms with Crippen LogP contribution < -0.4 is 5.32 Å². The molecule has 1 amide bonds. The molecule has 6 heteroatoms. The summed E-state index contributed by atoms with van der Waals surface area (Å²) in [6.07, 6.45) is 0.0821. The van der Waals surface area contributed by atoms with Gasteiger partial charge in [-0.3, -0.25) is 0 Å². The summed E-state index contributed by atoms with van der Waals surface area (Å²) in [5.74, 6) is -0.498. The first-order valence-corrected chi connectivity index (χ1v) is 5.69. The largest absolute Gasteiger partial charge is 0.466 e. The van der Waals surface area contributed by atoms with Crippen molar-refractivity contribution < 1.29 is 24.2 Å². The Morgan fingerprint density at radius 2 is 2.06 bits per heavy atom. The van der Waals surface area contributed by atoms with Crippen LogP contribution in [0.25, 0.3) is 0 Å². The van der Waals surface area contributed by atoms with Crippen molar-refractivity contribution >= 4 is 12.1 Å². The number of carbonyl (C=O) groups is 2. The first kappa shape index (κ1) is 14.5. The molecule has 0 aliphatic heterocycles. The molecule has 1 aliphatic carbocycles. The molecular weight excluding hydrogens is 238 g/mol. The third-order valence-corrected chi connectivity index (χ3v) is 2.37. The van der Waals surface area contributed by atoms with Gasteiger partial charge < -0.3 is 19.9 Å². The number of hydrogen-bond donors (Lipinski definition) is 2. The number of esters is 1. The van der Waals surface area contributed by atoms with E-state index in [1.54, 1.807) is 20.8 Å². The van der Waals surface area contributed by atoms with Crippen LogP contribution in [0.5, 0.6) is 0 Å². The number of aliphatic hydroxyl groups is 1. The maximum atomic E-state index is 11.5. The first-order valence-electron chi connectivity index (χ1n) is 5.69. The highest BCUT2D eigenvalue weighted by Gasteiger charge is 2.32. The van der Waals surface area contributed by atoms with Crippen molar-refractivity contribution in [3.05, 3.63) is 11.6 Å². The average molecular weight is 257 g/mol. The zero-order valence-corrected chi connectivity index (χ0v) is 11.0. The number of hydrogen-bond acceptors (Lipinski definition) is 5. The predicted molar refractivity (Wildman–Crippen MR) is 63.9 cm³/mol. The Bertz CT molecular complexity index is 369. The first-order chi connectivity index (χ1) is 8.23. The van der Waals surface area contributed by atoms with Crippen LogP contribution in [0.4, 0.5) is 4.79 Å². The Labute approximate surface area is 106 Å². The maximum absolute atomic E-state index is 11.5. The summed E-state index contributed by atoms with van der Waals surface area (Å²) in [7, 11) is 1.27. The molecule has 6 nitrogen and oxygen atoms in total. The summed E-state index contributed by atoms with van der Waals surface area (Å²) in [6, 6.07) is -0.561. The fraction of sp³-hybridized carbons (Fsp3) is 0.667. The van der Waals surface area contributed by atoms with E-state index in [0.717, 1.165) is 0 Å². The van der Waals surface area contributed by atoms with Gasteiger partial charge in [0, 0.05) is 12.0 Å². The number of methoxy groups -OCH3 is 1. The Morgan fingerprint density at radius 3 is 2.56 bits per heavy atom. The molecule has 0 aromatic rings. The van der Waals surface area contributed by atoms with E-state index in [1.807, 2.05) is 0 Å². The lowest BCUT2D eigenvalue weighted by atomic mass is 10.1. The van der Waals surface area contributed by atoms with E-state index in [9.17, 15) is 14.7 Å². The Balaban J connectivity index is 2.52. The summed E-state index contributed by atoms with van der Waals surface area (Å²) < 4.78 is 9.62. The molecule has 0 aromatic carbocycles. The molecule has 0 unspecified atom stereocenters. The van der Waals surface area contributed by atoms with Gasteiger partial charge in [0.1, 0.15) is 5.60 Å². The van der Waals surface area contributed by atoms with Crippen LogP contribution in [0.2, 0.25) is 0 Å². The zero-order valence-electron chi connectivity index (χ0n) is 11.0. The monoisotopic (exact) mass is 257 g/mol. The predicted octanol–water partition coefficient (Wildman–Crippen LogP) is 0.744. The SMILES string of the molecule is COC(=O)C1=C[C@H](O)[C@@H](NC(=O)OC(C)(C)C)C1. The van der Waals surface area contributed by atoms with Crippen LogP contribution in [0.1, 0.15) is 27.2 Å². The van der Waals surface area contributed by atoms with Gasteiger partial charge >= 0.3 is 12.1 Å². The van der Waals surface area contributed by atoms with E-state index in [2.05, 4.69) is 10.1 Å². The summed E-state index contributed by atoms with van der Waals surface area (Å²) in [6.45, 7) is 5.24. The van der Waals surface area contributed by atoms with Gasteiger partial charge in [-0.05, 0) is 26.8 Å². The minimum Gasteiger partial charge on any atom is -0.466 e. The summed E-state index contributed by atoms with van der Waals surface area (Å²) in [5, 5.41) is 12.2. The second kappa shape index (κ2) is 5.39. The maximum Gasteiger partial charge on any atom is 0.407 e. The molecule has 1 aliphatic rings. The van der Waals surface area contributed by atoms with Gasteiger partial charge in [0.15, 0.2) is 0 Å². The fourth-order valence-corrected chi connectivity index (χ4v) is 1.63. The highest BCUT2D eigenvalue weighted by atomic mass is 16.6. The van der Waals surface area contributed by atoms with Crippen molar-refractivity contribution in [2.45, 2.75) is 44.9 Å². The Kier molecular flexibility index (Phi) is 4.34. The molecule has 0 spiro atoms. The zero-order chi connectivity index (χ0) is 13.9. The molecule has 1 rings (SSSR count). The third kappa shape index (κ3) is 4.03. The summed E-state index contributed by atoms with van der Waals surface area (Å²) in [5.41, 5.74) is -0.252. The molecule has 0 radical (unpaired) electrons. The molecule has 0 saturated carbocycles. The standard InChI is InChI=1S/C12H19NO5/c1-12(2,3)18-11(16)13-8-5-7(6-9(8)14)10(15)17-4/h6,8-9,14H,5H2,1-4H3,(H,13,16)/t8-,9-/m0/s1. The van der Waals surface area contributed by atoms with E-state index in [1.165, 1.54) is 13.2 Å². The quantitative estimate of drug-likeness (QED) is 0.713. The molecule has 2 atom stereocenters. The van der Waals surface area contributed by atoms with E-state index < -0.39 is 29.8 Å². The fourth-order valence-electron chi connectivity index (χ4n) is 1.63. The summed E-state index contributed by atoms with van der Waals surface area (Å²) >= 11 is 0. The van der Waals surface area contributed by atoms with Crippen molar-refractivity contribution in [2.75, 3.05) is 7.11 Å². The molecule has 0 aromatic heterocycles. The van der Waals surface area contributed by atoms with Gasteiger partial charge in [-0.25, -0.2) is 9.59 Å². The molecule has 18 heavy (non-hydrogen) atoms. The molecule has 2 N–H and O–H groups in total. The molecule has 0 heterocycles. The van der Waals surface area contributed by atoms with Gasteiger partial charge in [0.05, 0.1) is 19.3 Å². The van der Waals surface area contributed by atoms with Crippen molar-refractivity contribution in [3.8, 4) is 0 Å². The van der Waals surface area contributed by atoms with Gasteiger partial charge in [0.2, 0.25) is 0 Å². The number of amides is 1. The topological polar surface area (TPSA) is 84.9 Å². The highest BCUT2D eigenvalue weighted by Crippen LogP contribution is 2.21. The van der Waals surface area contributed by atoms with E-state index in [4.69, 9.17) is 4.74 Å². The molecule has 0 bridgehead atoms.